The number of amides is 2. The summed E-state index contributed by atoms with van der Waals surface area (Å²) in [7, 11) is 0. The Morgan fingerprint density at radius 3 is 2.59 bits per heavy atom. The number of aromatic hydroxyl groups is 1. The van der Waals surface area contributed by atoms with Crippen molar-refractivity contribution in [3.05, 3.63) is 57.8 Å². The minimum absolute atomic E-state index is 0. The van der Waals surface area contributed by atoms with Crippen LogP contribution in [0.15, 0.2) is 36.5 Å². The molecule has 0 bridgehead atoms. The van der Waals surface area contributed by atoms with E-state index in [0.29, 0.717) is 18.8 Å². The first-order chi connectivity index (χ1) is 15.7. The number of carbonyl (C=O) groups excluding carboxylic acids is 2. The number of carbonyl (C=O) groups is 3. The number of aryl methyl sites for hydroxylation is 1. The number of nitrogens with one attached hydrogen (secondary N) is 3. The number of phenolic OH excluding ortho intramolecular Hbond substituents is 1. The Bertz CT molecular complexity index is 1030. The van der Waals surface area contributed by atoms with Crippen molar-refractivity contribution >= 4 is 58.8 Å². The summed E-state index contributed by atoms with van der Waals surface area (Å²) < 4.78 is 0. The zero-order chi connectivity index (χ0) is 24.4. The van der Waals surface area contributed by atoms with Crippen LogP contribution in [0.1, 0.15) is 36.4 Å². The zero-order valence-corrected chi connectivity index (χ0v) is 17.9. The summed E-state index contributed by atoms with van der Waals surface area (Å²) in [5, 5.41) is 38.2. The molecule has 0 aliphatic rings. The molecule has 1 aromatic heterocycles. The number of carboxylic acid groups (broad SMARTS) is 1. The molecule has 2 aromatic rings. The number of aromatic nitrogens is 1. The number of rotatable bonds is 12. The molecule has 1 heterocycles. The summed E-state index contributed by atoms with van der Waals surface area (Å²) in [6.45, 7) is 2.02. The van der Waals surface area contributed by atoms with Crippen LogP contribution in [0, 0.1) is 17.0 Å². The summed E-state index contributed by atoms with van der Waals surface area (Å²) in [6.07, 6.45) is 1.70. The first kappa shape index (κ1) is 28.8. The standard InChI is InChI=1S/C21H25N5O7.Na.H/c1-13-7-9-23-17(10-13)22-8-3-6-18(27)24-12-19(28)25-15(11-20(29)30)14-4-2-5-16(21(14)31)26(32)33;;/h2,4-5,7,9-10,15,31H,3,6,8,11-12H2,1H3,(H,22,23)(H,24,27)(H,25,28)(H,29,30);;. The van der Waals surface area contributed by atoms with Crippen LogP contribution in [-0.4, -0.2) is 80.6 Å². The molecular weight excluding hydrogens is 457 g/mol. The summed E-state index contributed by atoms with van der Waals surface area (Å²) >= 11 is 0. The van der Waals surface area contributed by atoms with Crippen LogP contribution in [0.5, 0.6) is 5.75 Å². The summed E-state index contributed by atoms with van der Waals surface area (Å²) in [4.78, 5) is 49.7. The van der Waals surface area contributed by atoms with Crippen LogP contribution in [0.25, 0.3) is 0 Å². The van der Waals surface area contributed by atoms with Crippen molar-refractivity contribution in [3.8, 4) is 5.75 Å². The van der Waals surface area contributed by atoms with Gasteiger partial charge in [0.2, 0.25) is 11.8 Å². The van der Waals surface area contributed by atoms with Gasteiger partial charge in [-0.25, -0.2) is 4.98 Å². The number of anilines is 1. The van der Waals surface area contributed by atoms with Gasteiger partial charge in [0.05, 0.1) is 23.9 Å². The van der Waals surface area contributed by atoms with E-state index in [9.17, 15) is 29.6 Å². The molecule has 34 heavy (non-hydrogen) atoms. The second-order valence-electron chi connectivity index (χ2n) is 7.22. The number of carboxylic acids is 1. The number of para-hydroxylation sites is 1. The van der Waals surface area contributed by atoms with Crippen LogP contribution >= 0.6 is 0 Å². The number of nitrogens with zero attached hydrogens (tertiary/aromatic N) is 2. The Morgan fingerprint density at radius 2 is 1.94 bits per heavy atom. The van der Waals surface area contributed by atoms with Crippen LogP contribution < -0.4 is 16.0 Å². The van der Waals surface area contributed by atoms with Gasteiger partial charge in [0.1, 0.15) is 5.82 Å². The molecule has 2 amide bonds. The van der Waals surface area contributed by atoms with E-state index in [4.69, 9.17) is 5.11 Å². The van der Waals surface area contributed by atoms with Crippen LogP contribution in [0.2, 0.25) is 0 Å². The first-order valence-electron chi connectivity index (χ1n) is 10.1. The monoisotopic (exact) mass is 483 g/mol. The Balaban J connectivity index is 0.00000578. The van der Waals surface area contributed by atoms with Gasteiger partial charge in [-0.15, -0.1) is 0 Å². The third-order valence-corrected chi connectivity index (χ3v) is 4.58. The number of nitro groups is 1. The van der Waals surface area contributed by atoms with Crippen molar-refractivity contribution < 1.29 is 29.5 Å². The number of pyridine rings is 1. The molecule has 0 fully saturated rings. The van der Waals surface area contributed by atoms with Gasteiger partial charge in [0.25, 0.3) is 0 Å². The van der Waals surface area contributed by atoms with E-state index in [-0.39, 0.29) is 47.4 Å². The molecule has 13 heteroatoms. The molecule has 1 unspecified atom stereocenters. The Morgan fingerprint density at radius 1 is 1.21 bits per heavy atom. The molecular formula is C21H26N5NaO7. The third kappa shape index (κ3) is 9.33. The van der Waals surface area contributed by atoms with Gasteiger partial charge >= 0.3 is 41.2 Å². The number of nitro benzene ring substituents is 1. The third-order valence-electron chi connectivity index (χ3n) is 4.58. The van der Waals surface area contributed by atoms with E-state index in [1.807, 2.05) is 19.1 Å². The second-order valence-corrected chi connectivity index (χ2v) is 7.22. The summed E-state index contributed by atoms with van der Waals surface area (Å²) in [5.74, 6) is -2.40. The molecule has 1 aromatic carbocycles. The number of hydrogen-bond donors (Lipinski definition) is 5. The number of phenols is 1. The average molecular weight is 483 g/mol. The quantitative estimate of drug-likeness (QED) is 0.127. The molecule has 0 aliphatic carbocycles. The molecule has 178 valence electrons. The first-order valence-corrected chi connectivity index (χ1v) is 10.1. The van der Waals surface area contributed by atoms with Crippen LogP contribution in [0.4, 0.5) is 11.5 Å². The van der Waals surface area contributed by atoms with Crippen molar-refractivity contribution in [2.45, 2.75) is 32.2 Å². The van der Waals surface area contributed by atoms with Crippen LogP contribution in [0.3, 0.4) is 0 Å². The maximum absolute atomic E-state index is 12.2. The van der Waals surface area contributed by atoms with Gasteiger partial charge in [0.15, 0.2) is 5.75 Å². The van der Waals surface area contributed by atoms with E-state index in [0.717, 1.165) is 11.6 Å². The Hall–Kier alpha value is -3.22. The van der Waals surface area contributed by atoms with E-state index in [1.165, 1.54) is 12.1 Å². The SMILES string of the molecule is Cc1ccnc(NCCCC(=O)NCC(=O)NC(CC(=O)O)c2cccc([N+](=O)[O-])c2O)c1.[NaH]. The van der Waals surface area contributed by atoms with Gasteiger partial charge < -0.3 is 26.2 Å². The topological polar surface area (TPSA) is 184 Å². The number of aliphatic carboxylic acids is 1. The molecule has 0 spiro atoms. The van der Waals surface area contributed by atoms with Gasteiger partial charge in [-0.05, 0) is 31.0 Å². The Labute approximate surface area is 217 Å². The van der Waals surface area contributed by atoms with Crippen molar-refractivity contribution in [2.24, 2.45) is 0 Å². The summed E-state index contributed by atoms with van der Waals surface area (Å²) in [5.41, 5.74) is 0.331. The minimum atomic E-state index is -1.29. The van der Waals surface area contributed by atoms with Crippen molar-refractivity contribution in [1.82, 2.24) is 15.6 Å². The van der Waals surface area contributed by atoms with E-state index < -0.39 is 47.2 Å². The molecule has 0 saturated carbocycles. The van der Waals surface area contributed by atoms with E-state index >= 15 is 0 Å². The normalized spacial score (nSPS) is 11.0. The number of hydrogen-bond acceptors (Lipinski definition) is 8. The summed E-state index contributed by atoms with van der Waals surface area (Å²) in [6, 6.07) is 6.13. The molecule has 1 atom stereocenters. The van der Waals surface area contributed by atoms with Gasteiger partial charge in [0, 0.05) is 30.8 Å². The molecule has 0 saturated heterocycles. The molecule has 0 aliphatic heterocycles. The maximum atomic E-state index is 12.2. The predicted molar refractivity (Wildman–Crippen MR) is 125 cm³/mol. The van der Waals surface area contributed by atoms with Crippen molar-refractivity contribution in [3.63, 3.8) is 0 Å². The van der Waals surface area contributed by atoms with Crippen molar-refractivity contribution in [1.29, 1.82) is 0 Å². The fourth-order valence-corrected chi connectivity index (χ4v) is 3.00. The zero-order valence-electron chi connectivity index (χ0n) is 17.9. The number of benzene rings is 1. The molecule has 12 nitrogen and oxygen atoms in total. The predicted octanol–water partition coefficient (Wildman–Crippen LogP) is 0.996. The van der Waals surface area contributed by atoms with Gasteiger partial charge in [-0.2, -0.15) is 0 Å². The molecule has 0 radical (unpaired) electrons. The van der Waals surface area contributed by atoms with Crippen LogP contribution in [-0.2, 0) is 14.4 Å². The Kier molecular flexibility index (Phi) is 12.0. The molecule has 2 rings (SSSR count). The van der Waals surface area contributed by atoms with Crippen molar-refractivity contribution in [2.75, 3.05) is 18.4 Å². The van der Waals surface area contributed by atoms with Gasteiger partial charge in [-0.1, -0.05) is 12.1 Å². The average Bonchev–Trinajstić information content (AvgIpc) is 2.74. The molecule has 5 N–H and O–H groups in total. The van der Waals surface area contributed by atoms with E-state index in [1.54, 1.807) is 6.20 Å². The van der Waals surface area contributed by atoms with E-state index in [2.05, 4.69) is 20.9 Å². The second kappa shape index (κ2) is 14.1. The van der Waals surface area contributed by atoms with Gasteiger partial charge in [-0.3, -0.25) is 24.5 Å². The fourth-order valence-electron chi connectivity index (χ4n) is 3.00. The fraction of sp³-hybridized carbons (Fsp3) is 0.333.